The van der Waals surface area contributed by atoms with Gasteiger partial charge in [-0.3, -0.25) is 4.79 Å². The summed E-state index contributed by atoms with van der Waals surface area (Å²) < 4.78 is 2.03. The van der Waals surface area contributed by atoms with Crippen molar-refractivity contribution >= 4 is 16.6 Å². The standard InChI is InChI=1S/C19H16NO/c21-19-17-9-8-14-6-2-3-7-15(14)16(17)10-11-18(19)20-12-4-1-5-13-20/h1-9,12-13,18H,10-11H2/q+1. The first kappa shape index (κ1) is 12.3. The maximum atomic E-state index is 12.8. The molecule has 0 N–H and O–H groups in total. The number of fused-ring (bicyclic) bond motifs is 3. The minimum atomic E-state index is -0.0696. The Bertz CT molecular complexity index is 823. The average Bonchev–Trinajstić information content (AvgIpc) is 2.56. The number of aromatic nitrogens is 1. The van der Waals surface area contributed by atoms with Crippen molar-refractivity contribution in [3.05, 3.63) is 78.1 Å². The van der Waals surface area contributed by atoms with Gasteiger partial charge in [-0.25, -0.2) is 0 Å². The number of ketones is 1. The molecule has 1 aromatic heterocycles. The van der Waals surface area contributed by atoms with Crippen molar-refractivity contribution < 1.29 is 9.36 Å². The minimum Gasteiger partial charge on any atom is -0.287 e. The molecular formula is C19H16NO+. The van der Waals surface area contributed by atoms with Crippen molar-refractivity contribution in [2.45, 2.75) is 18.9 Å². The molecule has 0 fully saturated rings. The predicted molar refractivity (Wildman–Crippen MR) is 82.3 cm³/mol. The van der Waals surface area contributed by atoms with Crippen molar-refractivity contribution in [3.63, 3.8) is 0 Å². The number of aryl methyl sites for hydroxylation is 1. The Kier molecular flexibility index (Phi) is 2.81. The van der Waals surface area contributed by atoms with Crippen molar-refractivity contribution in [1.82, 2.24) is 0 Å². The summed E-state index contributed by atoms with van der Waals surface area (Å²) in [5.41, 5.74) is 2.10. The maximum Gasteiger partial charge on any atom is 0.230 e. The van der Waals surface area contributed by atoms with E-state index < -0.39 is 0 Å². The zero-order chi connectivity index (χ0) is 14.2. The van der Waals surface area contributed by atoms with Crippen LogP contribution in [-0.4, -0.2) is 5.78 Å². The van der Waals surface area contributed by atoms with Crippen LogP contribution in [0.1, 0.15) is 28.4 Å². The van der Waals surface area contributed by atoms with Crippen LogP contribution in [-0.2, 0) is 6.42 Å². The normalized spacial score (nSPS) is 17.7. The van der Waals surface area contributed by atoms with Gasteiger partial charge in [0, 0.05) is 24.1 Å². The van der Waals surface area contributed by atoms with E-state index in [-0.39, 0.29) is 11.8 Å². The van der Waals surface area contributed by atoms with Gasteiger partial charge < -0.3 is 0 Å². The van der Waals surface area contributed by atoms with Crippen molar-refractivity contribution in [1.29, 1.82) is 0 Å². The van der Waals surface area contributed by atoms with Gasteiger partial charge >= 0.3 is 0 Å². The lowest BCUT2D eigenvalue weighted by molar-refractivity contribution is -0.708. The molecule has 0 amide bonds. The second-order valence-corrected chi connectivity index (χ2v) is 5.55. The number of hydrogen-bond donors (Lipinski definition) is 0. The summed E-state index contributed by atoms with van der Waals surface area (Å²) in [6.07, 6.45) is 5.78. The molecular weight excluding hydrogens is 258 g/mol. The average molecular weight is 274 g/mol. The summed E-state index contributed by atoms with van der Waals surface area (Å²) >= 11 is 0. The molecule has 2 aromatic carbocycles. The SMILES string of the molecule is O=C1c2ccc3ccccc3c2CCC1[n+]1ccccc1. The van der Waals surface area contributed by atoms with Gasteiger partial charge in [0.1, 0.15) is 0 Å². The van der Waals surface area contributed by atoms with Crippen LogP contribution in [0.3, 0.4) is 0 Å². The quantitative estimate of drug-likeness (QED) is 0.622. The Labute approximate surface area is 123 Å². The third-order valence-electron chi connectivity index (χ3n) is 4.37. The second kappa shape index (κ2) is 4.81. The third-order valence-corrected chi connectivity index (χ3v) is 4.37. The van der Waals surface area contributed by atoms with Crippen LogP contribution < -0.4 is 4.57 Å². The Morgan fingerprint density at radius 3 is 2.57 bits per heavy atom. The maximum absolute atomic E-state index is 12.8. The number of nitrogens with zero attached hydrogens (tertiary/aromatic N) is 1. The fourth-order valence-corrected chi connectivity index (χ4v) is 3.33. The van der Waals surface area contributed by atoms with Gasteiger partial charge in [0.2, 0.25) is 11.8 Å². The van der Waals surface area contributed by atoms with E-state index in [0.29, 0.717) is 0 Å². The van der Waals surface area contributed by atoms with E-state index in [2.05, 4.69) is 18.2 Å². The van der Waals surface area contributed by atoms with Crippen LogP contribution in [0, 0.1) is 0 Å². The number of pyridine rings is 1. The summed E-state index contributed by atoms with van der Waals surface area (Å²) in [4.78, 5) is 12.8. The van der Waals surface area contributed by atoms with Gasteiger partial charge in [-0.15, -0.1) is 0 Å². The molecule has 4 rings (SSSR count). The highest BCUT2D eigenvalue weighted by Crippen LogP contribution is 2.31. The number of carbonyl (C=O) groups is 1. The van der Waals surface area contributed by atoms with E-state index in [1.807, 2.05) is 53.4 Å². The first-order valence-corrected chi connectivity index (χ1v) is 7.35. The van der Waals surface area contributed by atoms with Gasteiger partial charge in [0.15, 0.2) is 12.4 Å². The fourth-order valence-electron chi connectivity index (χ4n) is 3.33. The van der Waals surface area contributed by atoms with E-state index in [4.69, 9.17) is 0 Å². The highest BCUT2D eigenvalue weighted by molar-refractivity contribution is 6.05. The molecule has 0 bridgehead atoms. The Balaban J connectivity index is 1.84. The van der Waals surface area contributed by atoms with Gasteiger partial charge in [-0.2, -0.15) is 4.57 Å². The molecule has 1 aliphatic carbocycles. The van der Waals surface area contributed by atoms with Gasteiger partial charge in [0.25, 0.3) is 0 Å². The predicted octanol–water partition coefficient (Wildman–Crippen LogP) is 3.50. The first-order chi connectivity index (χ1) is 10.3. The molecule has 2 nitrogen and oxygen atoms in total. The zero-order valence-electron chi connectivity index (χ0n) is 11.7. The highest BCUT2D eigenvalue weighted by atomic mass is 16.1. The lowest BCUT2D eigenvalue weighted by Gasteiger charge is -2.21. The Morgan fingerprint density at radius 2 is 1.71 bits per heavy atom. The molecule has 21 heavy (non-hydrogen) atoms. The molecule has 2 heteroatoms. The number of rotatable bonds is 1. The molecule has 1 aliphatic rings. The molecule has 0 spiro atoms. The van der Waals surface area contributed by atoms with Gasteiger partial charge in [-0.05, 0) is 22.8 Å². The molecule has 0 saturated heterocycles. The molecule has 102 valence electrons. The number of Topliss-reactive ketones (excluding diaryl/α,β-unsaturated/α-hetero) is 1. The lowest BCUT2D eigenvalue weighted by Crippen LogP contribution is -2.45. The first-order valence-electron chi connectivity index (χ1n) is 7.35. The summed E-state index contributed by atoms with van der Waals surface area (Å²) in [6, 6.07) is 18.2. The lowest BCUT2D eigenvalue weighted by atomic mass is 9.84. The Hall–Kier alpha value is -2.48. The van der Waals surface area contributed by atoms with Crippen LogP contribution in [0.5, 0.6) is 0 Å². The smallest absolute Gasteiger partial charge is 0.230 e. The summed E-state index contributed by atoms with van der Waals surface area (Å²) in [5.74, 6) is 0.234. The Morgan fingerprint density at radius 1 is 0.905 bits per heavy atom. The van der Waals surface area contributed by atoms with Crippen LogP contribution in [0.4, 0.5) is 0 Å². The van der Waals surface area contributed by atoms with E-state index in [1.165, 1.54) is 16.3 Å². The van der Waals surface area contributed by atoms with E-state index in [0.717, 1.165) is 18.4 Å². The van der Waals surface area contributed by atoms with Crippen LogP contribution in [0.25, 0.3) is 10.8 Å². The van der Waals surface area contributed by atoms with Crippen LogP contribution >= 0.6 is 0 Å². The largest absolute Gasteiger partial charge is 0.287 e. The molecule has 0 radical (unpaired) electrons. The molecule has 0 saturated carbocycles. The molecule has 1 atom stereocenters. The zero-order valence-corrected chi connectivity index (χ0v) is 11.7. The molecule has 1 unspecified atom stereocenters. The molecule has 1 heterocycles. The highest BCUT2D eigenvalue weighted by Gasteiger charge is 2.34. The second-order valence-electron chi connectivity index (χ2n) is 5.55. The van der Waals surface area contributed by atoms with Gasteiger partial charge in [0.05, 0.1) is 0 Å². The topological polar surface area (TPSA) is 20.9 Å². The van der Waals surface area contributed by atoms with Gasteiger partial charge in [-0.1, -0.05) is 42.5 Å². The molecule has 0 aliphatic heterocycles. The summed E-state index contributed by atoms with van der Waals surface area (Å²) in [6.45, 7) is 0. The molecule has 3 aromatic rings. The summed E-state index contributed by atoms with van der Waals surface area (Å²) in [5, 5.41) is 2.44. The van der Waals surface area contributed by atoms with Crippen molar-refractivity contribution in [2.24, 2.45) is 0 Å². The van der Waals surface area contributed by atoms with E-state index >= 15 is 0 Å². The summed E-state index contributed by atoms with van der Waals surface area (Å²) in [7, 11) is 0. The monoisotopic (exact) mass is 274 g/mol. The number of benzene rings is 2. The third kappa shape index (κ3) is 1.95. The van der Waals surface area contributed by atoms with Crippen molar-refractivity contribution in [3.8, 4) is 0 Å². The minimum absolute atomic E-state index is 0.0696. The number of carbonyl (C=O) groups excluding carboxylic acids is 1. The number of hydrogen-bond acceptors (Lipinski definition) is 1. The van der Waals surface area contributed by atoms with E-state index in [1.54, 1.807) is 0 Å². The van der Waals surface area contributed by atoms with Crippen LogP contribution in [0.2, 0.25) is 0 Å². The van der Waals surface area contributed by atoms with Crippen molar-refractivity contribution in [2.75, 3.05) is 0 Å². The fraction of sp³-hybridized carbons (Fsp3) is 0.158. The van der Waals surface area contributed by atoms with Crippen LogP contribution in [0.15, 0.2) is 67.0 Å². The van der Waals surface area contributed by atoms with E-state index in [9.17, 15) is 4.79 Å².